The van der Waals surface area contributed by atoms with Crippen molar-refractivity contribution in [1.29, 1.82) is 0 Å². The maximum absolute atomic E-state index is 11.8. The lowest BCUT2D eigenvalue weighted by Crippen LogP contribution is -2.36. The molecule has 0 spiro atoms. The van der Waals surface area contributed by atoms with Crippen molar-refractivity contribution in [2.75, 3.05) is 24.6 Å². The standard InChI is InChI=1S/C12H17N3O3/c1-8(11(16)17)7-15(2)12(18)14-10-6-4-3-5-9(10)13/h3-6,8H,7,13H2,1-2H3,(H,14,18)(H,16,17). The zero-order valence-electron chi connectivity index (χ0n) is 10.4. The van der Waals surface area contributed by atoms with E-state index < -0.39 is 11.9 Å². The van der Waals surface area contributed by atoms with Gasteiger partial charge in [-0.05, 0) is 12.1 Å². The van der Waals surface area contributed by atoms with Crippen LogP contribution in [0, 0.1) is 5.92 Å². The van der Waals surface area contributed by atoms with E-state index in [9.17, 15) is 9.59 Å². The highest BCUT2D eigenvalue weighted by molar-refractivity contribution is 5.92. The van der Waals surface area contributed by atoms with E-state index in [0.717, 1.165) is 0 Å². The molecule has 0 radical (unpaired) electrons. The van der Waals surface area contributed by atoms with E-state index in [4.69, 9.17) is 10.8 Å². The van der Waals surface area contributed by atoms with Crippen LogP contribution >= 0.6 is 0 Å². The van der Waals surface area contributed by atoms with E-state index in [1.54, 1.807) is 31.2 Å². The van der Waals surface area contributed by atoms with Gasteiger partial charge in [-0.3, -0.25) is 4.79 Å². The quantitative estimate of drug-likeness (QED) is 0.706. The molecule has 1 rings (SSSR count). The third-order valence-electron chi connectivity index (χ3n) is 2.52. The minimum atomic E-state index is -0.936. The summed E-state index contributed by atoms with van der Waals surface area (Å²) in [5.41, 5.74) is 6.67. The van der Waals surface area contributed by atoms with Crippen LogP contribution in [-0.2, 0) is 4.79 Å². The van der Waals surface area contributed by atoms with Crippen LogP contribution in [0.2, 0.25) is 0 Å². The number of rotatable bonds is 4. The molecule has 0 saturated heterocycles. The Hall–Kier alpha value is -2.24. The fourth-order valence-electron chi connectivity index (χ4n) is 1.39. The molecule has 1 unspecified atom stereocenters. The molecule has 0 aliphatic rings. The maximum Gasteiger partial charge on any atom is 0.321 e. The van der Waals surface area contributed by atoms with E-state index in [1.807, 2.05) is 0 Å². The van der Waals surface area contributed by atoms with Crippen LogP contribution in [0.15, 0.2) is 24.3 Å². The zero-order valence-corrected chi connectivity index (χ0v) is 10.4. The molecule has 18 heavy (non-hydrogen) atoms. The average Bonchev–Trinajstić information content (AvgIpc) is 2.31. The molecule has 6 nitrogen and oxygen atoms in total. The van der Waals surface area contributed by atoms with E-state index in [-0.39, 0.29) is 12.6 Å². The molecule has 98 valence electrons. The van der Waals surface area contributed by atoms with E-state index in [0.29, 0.717) is 11.4 Å². The van der Waals surface area contributed by atoms with Gasteiger partial charge in [0.25, 0.3) is 0 Å². The van der Waals surface area contributed by atoms with Gasteiger partial charge in [-0.2, -0.15) is 0 Å². The second kappa shape index (κ2) is 5.90. The first-order valence-electron chi connectivity index (χ1n) is 5.51. The molecule has 2 amide bonds. The molecule has 0 fully saturated rings. The smallest absolute Gasteiger partial charge is 0.321 e. The molecule has 0 saturated carbocycles. The molecular formula is C12H17N3O3. The molecule has 0 heterocycles. The largest absolute Gasteiger partial charge is 0.481 e. The van der Waals surface area contributed by atoms with Crippen LogP contribution < -0.4 is 11.1 Å². The average molecular weight is 251 g/mol. The Labute approximate surface area is 105 Å². The van der Waals surface area contributed by atoms with Crippen LogP contribution in [0.25, 0.3) is 0 Å². The normalized spacial score (nSPS) is 11.7. The highest BCUT2D eigenvalue weighted by Gasteiger charge is 2.17. The molecule has 1 aromatic rings. The van der Waals surface area contributed by atoms with Crippen molar-refractivity contribution in [3.05, 3.63) is 24.3 Å². The molecule has 0 bridgehead atoms. The minimum Gasteiger partial charge on any atom is -0.481 e. The number of carboxylic acids is 1. The molecule has 0 aromatic heterocycles. The number of nitrogens with zero attached hydrogens (tertiary/aromatic N) is 1. The van der Waals surface area contributed by atoms with Crippen molar-refractivity contribution in [1.82, 2.24) is 4.90 Å². The van der Waals surface area contributed by atoms with Crippen molar-refractivity contribution in [2.45, 2.75) is 6.92 Å². The summed E-state index contributed by atoms with van der Waals surface area (Å²) in [6, 6.07) is 6.49. The van der Waals surface area contributed by atoms with E-state index >= 15 is 0 Å². The van der Waals surface area contributed by atoms with Crippen LogP contribution in [0.3, 0.4) is 0 Å². The van der Waals surface area contributed by atoms with Crippen LogP contribution in [0.5, 0.6) is 0 Å². The first-order valence-corrected chi connectivity index (χ1v) is 5.51. The highest BCUT2D eigenvalue weighted by Crippen LogP contribution is 2.17. The van der Waals surface area contributed by atoms with Gasteiger partial charge in [0.2, 0.25) is 0 Å². The number of nitrogens with two attached hydrogens (primary N) is 1. The van der Waals surface area contributed by atoms with Crippen molar-refractivity contribution >= 4 is 23.4 Å². The van der Waals surface area contributed by atoms with Gasteiger partial charge < -0.3 is 21.1 Å². The van der Waals surface area contributed by atoms with Gasteiger partial charge in [-0.1, -0.05) is 19.1 Å². The second-order valence-corrected chi connectivity index (χ2v) is 4.14. The van der Waals surface area contributed by atoms with E-state index in [2.05, 4.69) is 5.32 Å². The minimum absolute atomic E-state index is 0.133. The number of benzene rings is 1. The predicted octanol–water partition coefficient (Wildman–Crippen LogP) is 1.45. The molecule has 6 heteroatoms. The lowest BCUT2D eigenvalue weighted by molar-refractivity contribution is -0.141. The number of urea groups is 1. The number of anilines is 2. The summed E-state index contributed by atoms with van der Waals surface area (Å²) in [4.78, 5) is 23.8. The summed E-state index contributed by atoms with van der Waals surface area (Å²) >= 11 is 0. The zero-order chi connectivity index (χ0) is 13.7. The summed E-state index contributed by atoms with van der Waals surface area (Å²) in [5, 5.41) is 11.4. The summed E-state index contributed by atoms with van der Waals surface area (Å²) in [6.45, 7) is 1.68. The molecule has 1 atom stereocenters. The Morgan fingerprint density at radius 2 is 2.06 bits per heavy atom. The number of amides is 2. The fraction of sp³-hybridized carbons (Fsp3) is 0.333. The lowest BCUT2D eigenvalue weighted by Gasteiger charge is -2.20. The predicted molar refractivity (Wildman–Crippen MR) is 69.3 cm³/mol. The number of aliphatic carboxylic acids is 1. The Kier molecular flexibility index (Phi) is 4.53. The first kappa shape index (κ1) is 13.8. The van der Waals surface area contributed by atoms with Gasteiger partial charge in [0.1, 0.15) is 0 Å². The summed E-state index contributed by atoms with van der Waals surface area (Å²) in [7, 11) is 1.54. The van der Waals surface area contributed by atoms with Crippen molar-refractivity contribution in [3.8, 4) is 0 Å². The summed E-state index contributed by atoms with van der Waals surface area (Å²) < 4.78 is 0. The first-order chi connectivity index (χ1) is 8.41. The number of hydrogen-bond acceptors (Lipinski definition) is 3. The van der Waals surface area contributed by atoms with Crippen LogP contribution in [0.4, 0.5) is 16.2 Å². The Morgan fingerprint density at radius 1 is 1.44 bits per heavy atom. The van der Waals surface area contributed by atoms with E-state index in [1.165, 1.54) is 11.9 Å². The monoisotopic (exact) mass is 251 g/mol. The van der Waals surface area contributed by atoms with Crippen molar-refractivity contribution in [3.63, 3.8) is 0 Å². The number of carbonyl (C=O) groups excluding carboxylic acids is 1. The maximum atomic E-state index is 11.8. The number of hydrogen-bond donors (Lipinski definition) is 3. The summed E-state index contributed by atoms with van der Waals surface area (Å²) in [6.07, 6.45) is 0. The number of nitrogens with one attached hydrogen (secondary N) is 1. The van der Waals surface area contributed by atoms with Crippen molar-refractivity contribution in [2.24, 2.45) is 5.92 Å². The summed E-state index contributed by atoms with van der Waals surface area (Å²) in [5.74, 6) is -1.55. The van der Waals surface area contributed by atoms with Gasteiger partial charge >= 0.3 is 12.0 Å². The number of para-hydroxylation sites is 2. The Bertz CT molecular complexity index is 448. The highest BCUT2D eigenvalue weighted by atomic mass is 16.4. The van der Waals surface area contributed by atoms with Crippen LogP contribution in [0.1, 0.15) is 6.92 Å². The number of carboxylic acid groups (broad SMARTS) is 1. The Balaban J connectivity index is 2.61. The molecule has 0 aliphatic heterocycles. The molecule has 0 aliphatic carbocycles. The van der Waals surface area contributed by atoms with Gasteiger partial charge in [0, 0.05) is 13.6 Å². The molecule has 4 N–H and O–H groups in total. The fourth-order valence-corrected chi connectivity index (χ4v) is 1.39. The van der Waals surface area contributed by atoms with Crippen molar-refractivity contribution < 1.29 is 14.7 Å². The van der Waals surface area contributed by atoms with Gasteiger partial charge in [0.05, 0.1) is 17.3 Å². The third kappa shape index (κ3) is 3.65. The van der Waals surface area contributed by atoms with Gasteiger partial charge in [-0.15, -0.1) is 0 Å². The van der Waals surface area contributed by atoms with Crippen LogP contribution in [-0.4, -0.2) is 35.6 Å². The molecule has 1 aromatic carbocycles. The SMILES string of the molecule is CC(CN(C)C(=O)Nc1ccccc1N)C(=O)O. The van der Waals surface area contributed by atoms with Gasteiger partial charge in [0.15, 0.2) is 0 Å². The topological polar surface area (TPSA) is 95.7 Å². The molecular weight excluding hydrogens is 234 g/mol. The third-order valence-corrected chi connectivity index (χ3v) is 2.52. The lowest BCUT2D eigenvalue weighted by atomic mass is 10.2. The Morgan fingerprint density at radius 3 is 2.61 bits per heavy atom. The second-order valence-electron chi connectivity index (χ2n) is 4.14. The number of nitrogen functional groups attached to an aromatic ring is 1. The van der Waals surface area contributed by atoms with Gasteiger partial charge in [-0.25, -0.2) is 4.79 Å². The number of carbonyl (C=O) groups is 2.